The van der Waals surface area contributed by atoms with Crippen LogP contribution in [0.5, 0.6) is 0 Å². The third-order valence-corrected chi connectivity index (χ3v) is 6.22. The molecule has 1 aromatic heterocycles. The molecule has 0 saturated carbocycles. The molecule has 0 aliphatic heterocycles. The fraction of sp³-hybridized carbons (Fsp3) is 0.167. The van der Waals surface area contributed by atoms with Gasteiger partial charge in [-0.15, -0.1) is 33.7 Å². The number of aromatic nitrogens is 2. The molecular formula is C18H17N3OS3. The first-order valence-electron chi connectivity index (χ1n) is 7.79. The largest absolute Gasteiger partial charge is 0.296 e. The van der Waals surface area contributed by atoms with Crippen LogP contribution >= 0.6 is 34.9 Å². The molecule has 1 amide bonds. The molecule has 25 heavy (non-hydrogen) atoms. The highest BCUT2D eigenvalue weighted by molar-refractivity contribution is 7.99. The van der Waals surface area contributed by atoms with Gasteiger partial charge in [-0.2, -0.15) is 0 Å². The highest BCUT2D eigenvalue weighted by Crippen LogP contribution is 2.27. The Morgan fingerprint density at radius 1 is 1.04 bits per heavy atom. The Labute approximate surface area is 159 Å². The van der Waals surface area contributed by atoms with Crippen LogP contribution in [-0.4, -0.2) is 21.9 Å². The predicted octanol–water partition coefficient (Wildman–Crippen LogP) is 5.19. The Morgan fingerprint density at radius 3 is 2.60 bits per heavy atom. The van der Waals surface area contributed by atoms with Gasteiger partial charge in [-0.3, -0.25) is 10.1 Å². The standard InChI is InChI=1S/C18H17N3OS3/c1-2-23-15-11-7-6-10-14(15)17(22)19-18-21-20-16(25-18)12-24-13-8-4-3-5-9-13/h3-11H,2,12H2,1H3,(H,19,21,22). The minimum absolute atomic E-state index is 0.144. The molecule has 0 bridgehead atoms. The zero-order chi connectivity index (χ0) is 17.5. The number of nitrogens with zero attached hydrogens (tertiary/aromatic N) is 2. The molecule has 0 atom stereocenters. The van der Waals surface area contributed by atoms with Gasteiger partial charge in [0.25, 0.3) is 5.91 Å². The number of hydrogen-bond acceptors (Lipinski definition) is 6. The molecule has 0 unspecified atom stereocenters. The first-order chi connectivity index (χ1) is 12.3. The minimum Gasteiger partial charge on any atom is -0.296 e. The lowest BCUT2D eigenvalue weighted by molar-refractivity contribution is 0.102. The van der Waals surface area contributed by atoms with E-state index in [2.05, 4.69) is 34.6 Å². The summed E-state index contributed by atoms with van der Waals surface area (Å²) in [6, 6.07) is 17.8. The lowest BCUT2D eigenvalue weighted by atomic mass is 10.2. The molecule has 1 heterocycles. The Bertz CT molecular complexity index is 836. The van der Waals surface area contributed by atoms with Gasteiger partial charge in [0.05, 0.1) is 11.3 Å². The van der Waals surface area contributed by atoms with Gasteiger partial charge in [-0.1, -0.05) is 48.6 Å². The quantitative estimate of drug-likeness (QED) is 0.565. The molecule has 0 spiro atoms. The number of rotatable bonds is 7. The van der Waals surface area contributed by atoms with Crippen LogP contribution in [0.15, 0.2) is 64.4 Å². The van der Waals surface area contributed by atoms with Crippen molar-refractivity contribution in [2.45, 2.75) is 22.5 Å². The van der Waals surface area contributed by atoms with Crippen LogP contribution in [0, 0.1) is 0 Å². The first kappa shape index (κ1) is 18.0. The van der Waals surface area contributed by atoms with Crippen LogP contribution in [-0.2, 0) is 5.75 Å². The average molecular weight is 388 g/mol. The third-order valence-electron chi connectivity index (χ3n) is 3.22. The molecule has 0 aliphatic carbocycles. The number of hydrogen-bond donors (Lipinski definition) is 1. The molecule has 3 rings (SSSR count). The lowest BCUT2D eigenvalue weighted by Gasteiger charge is -2.06. The minimum atomic E-state index is -0.144. The van der Waals surface area contributed by atoms with E-state index in [9.17, 15) is 4.79 Å². The molecule has 4 nitrogen and oxygen atoms in total. The Morgan fingerprint density at radius 2 is 1.80 bits per heavy atom. The van der Waals surface area contributed by atoms with Crippen molar-refractivity contribution in [1.82, 2.24) is 10.2 Å². The molecule has 0 fully saturated rings. The van der Waals surface area contributed by atoms with Gasteiger partial charge in [0.1, 0.15) is 5.01 Å². The topological polar surface area (TPSA) is 54.9 Å². The third kappa shape index (κ3) is 5.07. The van der Waals surface area contributed by atoms with Gasteiger partial charge < -0.3 is 0 Å². The van der Waals surface area contributed by atoms with Crippen molar-refractivity contribution < 1.29 is 4.79 Å². The first-order valence-corrected chi connectivity index (χ1v) is 10.6. The second-order valence-corrected chi connectivity index (χ2v) is 8.40. The highest BCUT2D eigenvalue weighted by atomic mass is 32.2. The summed E-state index contributed by atoms with van der Waals surface area (Å²) in [6.07, 6.45) is 0. The number of amides is 1. The Kier molecular flexibility index (Phi) is 6.49. The van der Waals surface area contributed by atoms with E-state index in [1.165, 1.54) is 16.2 Å². The number of anilines is 1. The summed E-state index contributed by atoms with van der Waals surface area (Å²) in [5, 5.41) is 12.5. The molecule has 7 heteroatoms. The summed E-state index contributed by atoms with van der Waals surface area (Å²) in [6.45, 7) is 2.07. The Balaban J connectivity index is 1.62. The lowest BCUT2D eigenvalue weighted by Crippen LogP contribution is -2.12. The summed E-state index contributed by atoms with van der Waals surface area (Å²) < 4.78 is 0. The van der Waals surface area contributed by atoms with Crippen molar-refractivity contribution in [2.24, 2.45) is 0 Å². The normalized spacial score (nSPS) is 10.6. The van der Waals surface area contributed by atoms with Crippen LogP contribution in [0.3, 0.4) is 0 Å². The van der Waals surface area contributed by atoms with Gasteiger partial charge >= 0.3 is 0 Å². The van der Waals surface area contributed by atoms with Crippen molar-refractivity contribution in [3.05, 3.63) is 65.2 Å². The van der Waals surface area contributed by atoms with E-state index in [1.807, 2.05) is 42.5 Å². The van der Waals surface area contributed by atoms with E-state index in [0.717, 1.165) is 21.4 Å². The number of nitrogens with one attached hydrogen (secondary N) is 1. The van der Waals surface area contributed by atoms with Crippen LogP contribution in [0.1, 0.15) is 22.3 Å². The molecule has 0 aliphatic rings. The van der Waals surface area contributed by atoms with Gasteiger partial charge in [0.15, 0.2) is 0 Å². The molecular weight excluding hydrogens is 370 g/mol. The average Bonchev–Trinajstić information content (AvgIpc) is 3.09. The summed E-state index contributed by atoms with van der Waals surface area (Å²) in [5.74, 6) is 1.51. The van der Waals surface area contributed by atoms with Crippen molar-refractivity contribution in [3.63, 3.8) is 0 Å². The van der Waals surface area contributed by atoms with Gasteiger partial charge in [0, 0.05) is 9.79 Å². The zero-order valence-electron chi connectivity index (χ0n) is 13.6. The van der Waals surface area contributed by atoms with E-state index in [0.29, 0.717) is 10.7 Å². The molecule has 2 aromatic carbocycles. The molecule has 0 radical (unpaired) electrons. The summed E-state index contributed by atoms with van der Waals surface area (Å²) in [4.78, 5) is 14.7. The molecule has 1 N–H and O–H groups in total. The van der Waals surface area contributed by atoms with Gasteiger partial charge in [0.2, 0.25) is 5.13 Å². The van der Waals surface area contributed by atoms with E-state index in [1.54, 1.807) is 23.5 Å². The summed E-state index contributed by atoms with van der Waals surface area (Å²) >= 11 is 4.77. The second kappa shape index (κ2) is 9.03. The van der Waals surface area contributed by atoms with E-state index in [4.69, 9.17) is 0 Å². The van der Waals surface area contributed by atoms with Crippen LogP contribution in [0.2, 0.25) is 0 Å². The van der Waals surface area contributed by atoms with Crippen molar-refractivity contribution >= 4 is 45.9 Å². The van der Waals surface area contributed by atoms with Gasteiger partial charge in [-0.05, 0) is 30.0 Å². The SMILES string of the molecule is CCSc1ccccc1C(=O)Nc1nnc(CSc2ccccc2)s1. The maximum atomic E-state index is 12.5. The van der Waals surface area contributed by atoms with Crippen molar-refractivity contribution in [3.8, 4) is 0 Å². The van der Waals surface area contributed by atoms with E-state index >= 15 is 0 Å². The van der Waals surface area contributed by atoms with Crippen LogP contribution < -0.4 is 5.32 Å². The number of thioether (sulfide) groups is 2. The van der Waals surface area contributed by atoms with E-state index < -0.39 is 0 Å². The molecule has 3 aromatic rings. The maximum absolute atomic E-state index is 12.5. The highest BCUT2D eigenvalue weighted by Gasteiger charge is 2.13. The predicted molar refractivity (Wildman–Crippen MR) is 107 cm³/mol. The molecule has 0 saturated heterocycles. The zero-order valence-corrected chi connectivity index (χ0v) is 16.1. The number of benzene rings is 2. The van der Waals surface area contributed by atoms with Crippen LogP contribution in [0.25, 0.3) is 0 Å². The number of carbonyl (C=O) groups is 1. The molecule has 128 valence electrons. The van der Waals surface area contributed by atoms with Gasteiger partial charge in [-0.25, -0.2) is 0 Å². The summed E-state index contributed by atoms with van der Waals surface area (Å²) in [5.41, 5.74) is 0.671. The van der Waals surface area contributed by atoms with E-state index in [-0.39, 0.29) is 5.91 Å². The van der Waals surface area contributed by atoms with Crippen LogP contribution in [0.4, 0.5) is 5.13 Å². The summed E-state index contributed by atoms with van der Waals surface area (Å²) in [7, 11) is 0. The smallest absolute Gasteiger partial charge is 0.258 e. The fourth-order valence-electron chi connectivity index (χ4n) is 2.12. The monoisotopic (exact) mass is 387 g/mol. The Hall–Kier alpha value is -1.83. The van der Waals surface area contributed by atoms with Crippen molar-refractivity contribution in [2.75, 3.05) is 11.1 Å². The fourth-order valence-corrected chi connectivity index (χ4v) is 4.57. The maximum Gasteiger partial charge on any atom is 0.258 e. The second-order valence-electron chi connectivity index (χ2n) is 4.99. The van der Waals surface area contributed by atoms with Crippen molar-refractivity contribution in [1.29, 1.82) is 0 Å². The number of carbonyl (C=O) groups excluding carboxylic acids is 1.